The Morgan fingerprint density at radius 3 is 2.52 bits per heavy atom. The number of hydrogen-bond acceptors (Lipinski definition) is 4. The predicted octanol–water partition coefficient (Wildman–Crippen LogP) is 5.63. The fourth-order valence-electron chi connectivity index (χ4n) is 4.62. The molecular formula is C28H27N3O2. The molecule has 1 saturated heterocycles. The van der Waals surface area contributed by atoms with Gasteiger partial charge in [-0.25, -0.2) is 0 Å². The molecule has 5 heteroatoms. The Bertz CT molecular complexity index is 1290. The highest BCUT2D eigenvalue weighted by molar-refractivity contribution is 5.98. The molecule has 0 unspecified atom stereocenters. The molecule has 33 heavy (non-hydrogen) atoms. The molecule has 2 aromatic heterocycles. The van der Waals surface area contributed by atoms with Crippen LogP contribution in [0.3, 0.4) is 0 Å². The summed E-state index contributed by atoms with van der Waals surface area (Å²) in [5, 5.41) is 0.994. The summed E-state index contributed by atoms with van der Waals surface area (Å²) in [6.07, 6.45) is 3.60. The number of likely N-dealkylation sites (tertiary alicyclic amines) is 1. The lowest BCUT2D eigenvalue weighted by Gasteiger charge is -2.32. The van der Waals surface area contributed by atoms with E-state index in [1.54, 1.807) is 13.3 Å². The topological polar surface area (TPSA) is 55.3 Å². The van der Waals surface area contributed by atoms with Crippen LogP contribution < -0.4 is 4.74 Å². The van der Waals surface area contributed by atoms with Gasteiger partial charge >= 0.3 is 0 Å². The molecule has 1 aliphatic rings. The lowest BCUT2D eigenvalue weighted by molar-refractivity contribution is 0.0712. The average Bonchev–Trinajstić information content (AvgIpc) is 2.87. The SMILES string of the molecule is COc1ccc(-c2cc(C)nc(C3CCN(C(=O)c4ccc5ncccc5c4)CC3)c2)cc1. The minimum Gasteiger partial charge on any atom is -0.497 e. The van der Waals surface area contributed by atoms with Gasteiger partial charge in [0.25, 0.3) is 5.91 Å². The van der Waals surface area contributed by atoms with E-state index in [4.69, 9.17) is 9.72 Å². The number of ether oxygens (including phenoxy) is 1. The molecule has 1 aliphatic heterocycles. The van der Waals surface area contributed by atoms with Crippen molar-refractivity contribution in [2.75, 3.05) is 20.2 Å². The summed E-state index contributed by atoms with van der Waals surface area (Å²) >= 11 is 0. The molecule has 1 fully saturated rings. The molecule has 166 valence electrons. The van der Waals surface area contributed by atoms with Gasteiger partial charge < -0.3 is 9.64 Å². The molecule has 5 nitrogen and oxygen atoms in total. The summed E-state index contributed by atoms with van der Waals surface area (Å²) in [4.78, 5) is 24.3. The lowest BCUT2D eigenvalue weighted by Crippen LogP contribution is -2.38. The average molecular weight is 438 g/mol. The van der Waals surface area contributed by atoms with Gasteiger partial charge in [0, 0.05) is 47.5 Å². The molecule has 3 heterocycles. The van der Waals surface area contributed by atoms with E-state index < -0.39 is 0 Å². The van der Waals surface area contributed by atoms with E-state index in [2.05, 4.69) is 29.2 Å². The number of carbonyl (C=O) groups is 1. The van der Waals surface area contributed by atoms with Crippen molar-refractivity contribution in [3.05, 3.63) is 89.9 Å². The molecule has 0 spiro atoms. The van der Waals surface area contributed by atoms with Gasteiger partial charge in [-0.3, -0.25) is 14.8 Å². The maximum Gasteiger partial charge on any atom is 0.253 e. The smallest absolute Gasteiger partial charge is 0.253 e. The van der Waals surface area contributed by atoms with Crippen molar-refractivity contribution in [2.45, 2.75) is 25.7 Å². The Hall–Kier alpha value is -3.73. The molecule has 0 saturated carbocycles. The Morgan fingerprint density at radius 2 is 1.76 bits per heavy atom. The first-order valence-corrected chi connectivity index (χ1v) is 11.4. The first-order valence-electron chi connectivity index (χ1n) is 11.4. The van der Waals surface area contributed by atoms with Crippen molar-refractivity contribution in [1.29, 1.82) is 0 Å². The van der Waals surface area contributed by atoms with Crippen molar-refractivity contribution >= 4 is 16.8 Å². The van der Waals surface area contributed by atoms with Gasteiger partial charge in [0.15, 0.2) is 0 Å². The van der Waals surface area contributed by atoms with Crippen LogP contribution in [0.2, 0.25) is 0 Å². The highest BCUT2D eigenvalue weighted by atomic mass is 16.5. The number of pyridine rings is 2. The van der Waals surface area contributed by atoms with Gasteiger partial charge in [0.05, 0.1) is 12.6 Å². The quantitative estimate of drug-likeness (QED) is 0.415. The Balaban J connectivity index is 1.30. The van der Waals surface area contributed by atoms with E-state index in [0.29, 0.717) is 5.92 Å². The van der Waals surface area contributed by atoms with Crippen molar-refractivity contribution in [3.63, 3.8) is 0 Å². The van der Waals surface area contributed by atoms with Gasteiger partial charge in [-0.05, 0) is 79.4 Å². The second-order valence-corrected chi connectivity index (χ2v) is 8.63. The highest BCUT2D eigenvalue weighted by Gasteiger charge is 2.26. The summed E-state index contributed by atoms with van der Waals surface area (Å²) in [5.74, 6) is 1.30. The lowest BCUT2D eigenvalue weighted by atomic mass is 9.91. The van der Waals surface area contributed by atoms with Crippen molar-refractivity contribution in [3.8, 4) is 16.9 Å². The zero-order valence-electron chi connectivity index (χ0n) is 19.0. The number of benzene rings is 2. The van der Waals surface area contributed by atoms with Crippen molar-refractivity contribution in [2.24, 2.45) is 0 Å². The fraction of sp³-hybridized carbons (Fsp3) is 0.250. The number of fused-ring (bicyclic) bond motifs is 1. The Kier molecular flexibility index (Phi) is 5.78. The van der Waals surface area contributed by atoms with Gasteiger partial charge in [-0.15, -0.1) is 0 Å². The maximum absolute atomic E-state index is 13.1. The van der Waals surface area contributed by atoms with Gasteiger partial charge in [-0.2, -0.15) is 0 Å². The van der Waals surface area contributed by atoms with Crippen LogP contribution in [0.1, 0.15) is 40.5 Å². The molecule has 5 rings (SSSR count). The van der Waals surface area contributed by atoms with Crippen LogP contribution in [0.15, 0.2) is 72.9 Å². The van der Waals surface area contributed by atoms with E-state index in [-0.39, 0.29) is 5.91 Å². The van der Waals surface area contributed by atoms with Crippen molar-refractivity contribution in [1.82, 2.24) is 14.9 Å². The third-order valence-corrected chi connectivity index (χ3v) is 6.45. The van der Waals surface area contributed by atoms with Gasteiger partial charge in [-0.1, -0.05) is 18.2 Å². The second-order valence-electron chi connectivity index (χ2n) is 8.63. The fourth-order valence-corrected chi connectivity index (χ4v) is 4.62. The number of amides is 1. The summed E-state index contributed by atoms with van der Waals surface area (Å²) in [6.45, 7) is 3.52. The molecule has 0 bridgehead atoms. The maximum atomic E-state index is 13.1. The zero-order valence-corrected chi connectivity index (χ0v) is 19.0. The summed E-state index contributed by atoms with van der Waals surface area (Å²) < 4.78 is 5.28. The van der Waals surface area contributed by atoms with Crippen LogP contribution in [-0.4, -0.2) is 41.0 Å². The summed E-state index contributed by atoms with van der Waals surface area (Å²) in [5.41, 5.74) is 6.09. The number of rotatable bonds is 4. The largest absolute Gasteiger partial charge is 0.497 e. The minimum atomic E-state index is 0.0929. The van der Waals surface area contributed by atoms with E-state index in [9.17, 15) is 4.79 Å². The first kappa shape index (κ1) is 21.1. The van der Waals surface area contributed by atoms with E-state index in [1.807, 2.05) is 54.3 Å². The number of aromatic nitrogens is 2. The third-order valence-electron chi connectivity index (χ3n) is 6.45. The van der Waals surface area contributed by atoms with E-state index in [1.165, 1.54) is 5.56 Å². The third kappa shape index (κ3) is 4.44. The predicted molar refractivity (Wildman–Crippen MR) is 131 cm³/mol. The number of carbonyl (C=O) groups excluding carboxylic acids is 1. The minimum absolute atomic E-state index is 0.0929. The number of nitrogens with zero attached hydrogens (tertiary/aromatic N) is 3. The molecule has 0 aliphatic carbocycles. The monoisotopic (exact) mass is 437 g/mol. The summed E-state index contributed by atoms with van der Waals surface area (Å²) in [6, 6.07) is 22.1. The normalized spacial score (nSPS) is 14.4. The van der Waals surface area contributed by atoms with Crippen molar-refractivity contribution < 1.29 is 9.53 Å². The molecule has 0 N–H and O–H groups in total. The van der Waals surface area contributed by atoms with Gasteiger partial charge in [0.2, 0.25) is 0 Å². The van der Waals surface area contributed by atoms with Crippen LogP contribution in [0.5, 0.6) is 5.75 Å². The number of piperidine rings is 1. The molecule has 0 atom stereocenters. The summed E-state index contributed by atoms with van der Waals surface area (Å²) in [7, 11) is 1.68. The van der Waals surface area contributed by atoms with Crippen LogP contribution in [0, 0.1) is 6.92 Å². The second kappa shape index (κ2) is 9.02. The molecule has 0 radical (unpaired) electrons. The molecule has 2 aromatic carbocycles. The number of methoxy groups -OCH3 is 1. The Morgan fingerprint density at radius 1 is 0.970 bits per heavy atom. The van der Waals surface area contributed by atoms with Crippen LogP contribution >= 0.6 is 0 Å². The van der Waals surface area contributed by atoms with Crippen LogP contribution in [0.25, 0.3) is 22.0 Å². The molecule has 1 amide bonds. The van der Waals surface area contributed by atoms with Crippen LogP contribution in [0.4, 0.5) is 0 Å². The van der Waals surface area contributed by atoms with E-state index in [0.717, 1.165) is 65.1 Å². The molecular weight excluding hydrogens is 410 g/mol. The standard InChI is InChI=1S/C28H27N3O2/c1-19-16-24(20-5-8-25(33-2)9-6-20)18-27(30-19)21-11-14-31(15-12-21)28(32)23-7-10-26-22(17-23)4-3-13-29-26/h3-10,13,16-18,21H,11-12,14-15H2,1-2H3. The zero-order chi connectivity index (χ0) is 22.8. The van der Waals surface area contributed by atoms with E-state index >= 15 is 0 Å². The number of aryl methyl sites for hydroxylation is 1. The highest BCUT2D eigenvalue weighted by Crippen LogP contribution is 2.31. The first-order chi connectivity index (χ1) is 16.1. The van der Waals surface area contributed by atoms with Crippen LogP contribution in [-0.2, 0) is 0 Å². The number of hydrogen-bond donors (Lipinski definition) is 0. The van der Waals surface area contributed by atoms with Gasteiger partial charge in [0.1, 0.15) is 5.75 Å². The molecule has 4 aromatic rings. The Labute approximate surface area is 194 Å².